The van der Waals surface area contributed by atoms with Crippen molar-refractivity contribution in [3.05, 3.63) is 100 Å². The second kappa shape index (κ2) is 7.18. The zero-order valence-corrected chi connectivity index (χ0v) is 17.1. The van der Waals surface area contributed by atoms with Crippen molar-refractivity contribution in [1.82, 2.24) is 0 Å². The third-order valence-electron chi connectivity index (χ3n) is 5.25. The fourth-order valence-corrected chi connectivity index (χ4v) is 4.04. The smallest absolute Gasteiger partial charge is 0.294 e. The van der Waals surface area contributed by atoms with Crippen molar-refractivity contribution in [2.75, 3.05) is 4.90 Å². The number of aliphatic hydroxyl groups is 1. The molecule has 1 N–H and O–H groups in total. The van der Waals surface area contributed by atoms with Gasteiger partial charge in [0.05, 0.1) is 11.8 Å². The largest absolute Gasteiger partial charge is 0.503 e. The molecular weight excluding hydrogens is 418 g/mol. The number of ketones is 1. The molecule has 4 aromatic rings. The Morgan fingerprint density at radius 2 is 1.94 bits per heavy atom. The predicted molar refractivity (Wildman–Crippen MR) is 115 cm³/mol. The Morgan fingerprint density at radius 1 is 1.10 bits per heavy atom. The number of carbonyl (C=O) groups is 2. The molecular formula is C24H16ClNO5. The number of nitrogens with zero attached hydrogens (tertiary/aromatic N) is 1. The molecule has 0 bridgehead atoms. The van der Waals surface area contributed by atoms with E-state index in [1.807, 2.05) is 13.0 Å². The third kappa shape index (κ3) is 3.12. The van der Waals surface area contributed by atoms with Crippen molar-refractivity contribution in [1.29, 1.82) is 0 Å². The number of halogens is 1. The van der Waals surface area contributed by atoms with Gasteiger partial charge in [-0.1, -0.05) is 23.7 Å². The van der Waals surface area contributed by atoms with Crippen LogP contribution in [-0.4, -0.2) is 16.8 Å². The average Bonchev–Trinajstić information content (AvgIpc) is 3.46. The second-order valence-corrected chi connectivity index (χ2v) is 7.75. The van der Waals surface area contributed by atoms with E-state index in [9.17, 15) is 14.7 Å². The molecule has 154 valence electrons. The van der Waals surface area contributed by atoms with E-state index >= 15 is 0 Å². The van der Waals surface area contributed by atoms with Crippen molar-refractivity contribution in [2.45, 2.75) is 13.0 Å². The maximum Gasteiger partial charge on any atom is 0.294 e. The monoisotopic (exact) mass is 433 g/mol. The van der Waals surface area contributed by atoms with Crippen LogP contribution in [-0.2, 0) is 4.79 Å². The molecule has 1 amide bonds. The third-order valence-corrected chi connectivity index (χ3v) is 5.48. The number of amides is 1. The molecule has 1 atom stereocenters. The standard InChI is InChI=1S/C24H16ClNO5/c1-13-4-2-5-16(10-13)26-21(18-6-3-9-30-18)20(23(28)24(26)29)22(27)19-12-14-11-15(25)7-8-17(14)31-19/h2-12,21,28H,1H3. The number of carbonyl (C=O) groups excluding carboxylic acids is 2. The van der Waals surface area contributed by atoms with E-state index in [1.165, 1.54) is 11.2 Å². The van der Waals surface area contributed by atoms with Crippen LogP contribution in [0.4, 0.5) is 5.69 Å². The highest BCUT2D eigenvalue weighted by molar-refractivity contribution is 6.31. The van der Waals surface area contributed by atoms with Crippen LogP contribution in [0.1, 0.15) is 27.9 Å². The minimum Gasteiger partial charge on any atom is -0.503 e. The number of furan rings is 2. The lowest BCUT2D eigenvalue weighted by atomic mass is 9.99. The van der Waals surface area contributed by atoms with Crippen molar-refractivity contribution in [3.8, 4) is 0 Å². The first-order valence-electron chi connectivity index (χ1n) is 9.54. The first-order chi connectivity index (χ1) is 14.9. The molecule has 6 nitrogen and oxygen atoms in total. The Bertz CT molecular complexity index is 1370. The maximum absolute atomic E-state index is 13.4. The number of fused-ring (bicyclic) bond motifs is 1. The Morgan fingerprint density at radius 3 is 2.68 bits per heavy atom. The average molecular weight is 434 g/mol. The van der Waals surface area contributed by atoms with Gasteiger partial charge >= 0.3 is 0 Å². The molecule has 1 unspecified atom stereocenters. The summed E-state index contributed by atoms with van der Waals surface area (Å²) in [5, 5.41) is 11.9. The van der Waals surface area contributed by atoms with Gasteiger partial charge in [0.15, 0.2) is 11.5 Å². The number of anilines is 1. The summed E-state index contributed by atoms with van der Waals surface area (Å²) < 4.78 is 11.2. The highest BCUT2D eigenvalue weighted by Crippen LogP contribution is 2.42. The van der Waals surface area contributed by atoms with Crippen molar-refractivity contribution in [3.63, 3.8) is 0 Å². The number of Topliss-reactive ketones (excluding diaryl/α,β-unsaturated/α-hetero) is 1. The van der Waals surface area contributed by atoms with Crippen LogP contribution in [0.5, 0.6) is 0 Å². The number of aliphatic hydroxyl groups excluding tert-OH is 1. The summed E-state index contributed by atoms with van der Waals surface area (Å²) in [5.41, 5.74) is 1.84. The van der Waals surface area contributed by atoms with Crippen LogP contribution in [0.25, 0.3) is 11.0 Å². The van der Waals surface area contributed by atoms with E-state index < -0.39 is 23.5 Å². The summed E-state index contributed by atoms with van der Waals surface area (Å²) in [6.45, 7) is 1.89. The molecule has 0 saturated heterocycles. The SMILES string of the molecule is Cc1cccc(N2C(=O)C(O)=C(C(=O)c3cc4cc(Cl)ccc4o3)C2c2ccco2)c1. The van der Waals surface area contributed by atoms with Crippen LogP contribution in [0.15, 0.2) is 87.1 Å². The van der Waals surface area contributed by atoms with Gasteiger partial charge in [-0.3, -0.25) is 14.5 Å². The molecule has 3 heterocycles. The van der Waals surface area contributed by atoms with E-state index in [0.29, 0.717) is 27.4 Å². The van der Waals surface area contributed by atoms with Gasteiger partial charge in [-0.25, -0.2) is 0 Å². The number of aryl methyl sites for hydroxylation is 1. The summed E-state index contributed by atoms with van der Waals surface area (Å²) in [4.78, 5) is 27.9. The van der Waals surface area contributed by atoms with Crippen LogP contribution in [0, 0.1) is 6.92 Å². The van der Waals surface area contributed by atoms with E-state index in [-0.39, 0.29) is 11.3 Å². The Labute approximate surface area is 181 Å². The quantitative estimate of drug-likeness (QED) is 0.413. The number of rotatable bonds is 4. The van der Waals surface area contributed by atoms with E-state index in [2.05, 4.69) is 0 Å². The molecule has 0 spiro atoms. The van der Waals surface area contributed by atoms with Crippen molar-refractivity contribution < 1.29 is 23.5 Å². The number of hydrogen-bond acceptors (Lipinski definition) is 5. The van der Waals surface area contributed by atoms with Crippen molar-refractivity contribution >= 4 is 39.9 Å². The molecule has 0 aliphatic carbocycles. The van der Waals surface area contributed by atoms with Gasteiger partial charge in [0, 0.05) is 16.1 Å². The molecule has 0 saturated carbocycles. The fourth-order valence-electron chi connectivity index (χ4n) is 3.86. The lowest BCUT2D eigenvalue weighted by Crippen LogP contribution is -2.30. The Hall–Kier alpha value is -3.77. The molecule has 2 aromatic carbocycles. The highest BCUT2D eigenvalue weighted by Gasteiger charge is 2.46. The van der Waals surface area contributed by atoms with Crippen LogP contribution >= 0.6 is 11.6 Å². The first kappa shape index (κ1) is 19.2. The van der Waals surface area contributed by atoms with Gasteiger partial charge in [0.1, 0.15) is 17.4 Å². The Balaban J connectivity index is 1.64. The van der Waals surface area contributed by atoms with Crippen LogP contribution in [0.3, 0.4) is 0 Å². The topological polar surface area (TPSA) is 83.9 Å². The summed E-state index contributed by atoms with van der Waals surface area (Å²) in [6, 6.07) is 16.2. The molecule has 31 heavy (non-hydrogen) atoms. The molecule has 1 aliphatic heterocycles. The second-order valence-electron chi connectivity index (χ2n) is 7.32. The van der Waals surface area contributed by atoms with Crippen LogP contribution < -0.4 is 4.90 Å². The van der Waals surface area contributed by atoms with Gasteiger partial charge in [0.25, 0.3) is 5.91 Å². The lowest BCUT2D eigenvalue weighted by molar-refractivity contribution is -0.117. The summed E-state index contributed by atoms with van der Waals surface area (Å²) in [7, 11) is 0. The van der Waals surface area contributed by atoms with Gasteiger partial charge < -0.3 is 13.9 Å². The van der Waals surface area contributed by atoms with E-state index in [0.717, 1.165) is 5.56 Å². The normalized spacial score (nSPS) is 16.5. The molecule has 0 radical (unpaired) electrons. The lowest BCUT2D eigenvalue weighted by Gasteiger charge is -2.25. The molecule has 2 aromatic heterocycles. The van der Waals surface area contributed by atoms with Gasteiger partial charge in [-0.2, -0.15) is 0 Å². The van der Waals surface area contributed by atoms with Gasteiger partial charge in [0.2, 0.25) is 5.78 Å². The van der Waals surface area contributed by atoms with Gasteiger partial charge in [-0.15, -0.1) is 0 Å². The summed E-state index contributed by atoms with van der Waals surface area (Å²) in [6.07, 6.45) is 1.45. The molecule has 1 aliphatic rings. The number of hydrogen-bond donors (Lipinski definition) is 1. The summed E-state index contributed by atoms with van der Waals surface area (Å²) >= 11 is 6.03. The Kier molecular flexibility index (Phi) is 4.45. The summed E-state index contributed by atoms with van der Waals surface area (Å²) in [5.74, 6) is -1.58. The molecule has 0 fully saturated rings. The van der Waals surface area contributed by atoms with E-state index in [4.69, 9.17) is 20.4 Å². The zero-order chi connectivity index (χ0) is 21.7. The maximum atomic E-state index is 13.4. The highest BCUT2D eigenvalue weighted by atomic mass is 35.5. The van der Waals surface area contributed by atoms with Crippen molar-refractivity contribution in [2.24, 2.45) is 0 Å². The van der Waals surface area contributed by atoms with Crippen LogP contribution in [0.2, 0.25) is 5.02 Å². The predicted octanol–water partition coefficient (Wildman–Crippen LogP) is 5.77. The molecule has 5 rings (SSSR count). The fraction of sp³-hybridized carbons (Fsp3) is 0.0833. The molecule has 7 heteroatoms. The zero-order valence-electron chi connectivity index (χ0n) is 16.3. The number of benzene rings is 2. The van der Waals surface area contributed by atoms with E-state index in [1.54, 1.807) is 54.6 Å². The minimum atomic E-state index is -0.936. The van der Waals surface area contributed by atoms with Gasteiger partial charge in [-0.05, 0) is 61.0 Å². The minimum absolute atomic E-state index is 0.00531. The first-order valence-corrected chi connectivity index (χ1v) is 9.92.